The number of halogens is 4. The van der Waals surface area contributed by atoms with Gasteiger partial charge in [-0.25, -0.2) is 17.2 Å². The smallest absolute Gasteiger partial charge is 0.261 e. The summed E-state index contributed by atoms with van der Waals surface area (Å²) in [5.74, 6) is -2.97. The Labute approximate surface area is 129 Å². The molecule has 0 unspecified atom stereocenters. The Balaban J connectivity index is 2.23. The van der Waals surface area contributed by atoms with E-state index in [1.165, 1.54) is 0 Å². The van der Waals surface area contributed by atoms with E-state index in [2.05, 4.69) is 0 Å². The highest BCUT2D eigenvalue weighted by atomic mass is 35.7. The van der Waals surface area contributed by atoms with Gasteiger partial charge in [0.1, 0.15) is 6.61 Å². The molecule has 0 atom stereocenters. The second kappa shape index (κ2) is 6.17. The van der Waals surface area contributed by atoms with Crippen LogP contribution in [-0.4, -0.2) is 8.42 Å². The average molecular weight is 353 g/mol. The van der Waals surface area contributed by atoms with Gasteiger partial charge in [-0.3, -0.25) is 0 Å². The molecule has 0 aliphatic heterocycles. The van der Waals surface area contributed by atoms with Gasteiger partial charge in [-0.1, -0.05) is 23.7 Å². The minimum Gasteiger partial charge on any atom is -0.483 e. The van der Waals surface area contributed by atoms with E-state index in [1.54, 1.807) is 24.3 Å². The first-order chi connectivity index (χ1) is 9.77. The normalized spacial score (nSPS) is 11.4. The van der Waals surface area contributed by atoms with Gasteiger partial charge in [-0.2, -0.15) is 0 Å². The molecule has 0 radical (unpaired) electrons. The molecule has 0 saturated heterocycles. The van der Waals surface area contributed by atoms with Gasteiger partial charge >= 0.3 is 0 Å². The molecule has 0 fully saturated rings. The molecule has 3 nitrogen and oxygen atoms in total. The van der Waals surface area contributed by atoms with Crippen molar-refractivity contribution in [3.8, 4) is 5.75 Å². The van der Waals surface area contributed by atoms with Crippen LogP contribution in [0.3, 0.4) is 0 Å². The van der Waals surface area contributed by atoms with E-state index in [4.69, 9.17) is 27.0 Å². The van der Waals surface area contributed by atoms with E-state index in [9.17, 15) is 17.2 Å². The van der Waals surface area contributed by atoms with Crippen LogP contribution in [0.4, 0.5) is 8.78 Å². The second-order valence-corrected chi connectivity index (χ2v) is 7.07. The monoisotopic (exact) mass is 352 g/mol. The molecule has 0 spiro atoms. The second-order valence-electron chi connectivity index (χ2n) is 4.07. The van der Waals surface area contributed by atoms with Crippen LogP contribution in [0.1, 0.15) is 5.56 Å². The van der Waals surface area contributed by atoms with Crippen LogP contribution in [0.15, 0.2) is 41.3 Å². The van der Waals surface area contributed by atoms with Gasteiger partial charge in [0, 0.05) is 15.7 Å². The Morgan fingerprint density at radius 1 is 1.05 bits per heavy atom. The molecule has 0 N–H and O–H groups in total. The van der Waals surface area contributed by atoms with Crippen LogP contribution in [0.5, 0.6) is 5.75 Å². The van der Waals surface area contributed by atoms with Crippen molar-refractivity contribution in [3.05, 3.63) is 58.6 Å². The minimum atomic E-state index is -4.21. The maximum Gasteiger partial charge on any atom is 0.261 e. The molecular weight excluding hydrogens is 345 g/mol. The summed E-state index contributed by atoms with van der Waals surface area (Å²) in [6, 6.07) is 7.68. The number of rotatable bonds is 4. The summed E-state index contributed by atoms with van der Waals surface area (Å²) in [6.45, 7) is -0.0992. The molecule has 2 aromatic carbocycles. The molecular formula is C13H8Cl2F2O3S. The van der Waals surface area contributed by atoms with Gasteiger partial charge in [0.2, 0.25) is 0 Å². The van der Waals surface area contributed by atoms with Crippen LogP contribution in [0, 0.1) is 11.6 Å². The summed E-state index contributed by atoms with van der Waals surface area (Å²) in [4.78, 5) is -0.669. The highest BCUT2D eigenvalue weighted by Crippen LogP contribution is 2.27. The van der Waals surface area contributed by atoms with Crippen LogP contribution >= 0.6 is 22.3 Å². The van der Waals surface area contributed by atoms with Gasteiger partial charge in [0.05, 0.1) is 4.90 Å². The quantitative estimate of drug-likeness (QED) is 0.777. The third-order valence-corrected chi connectivity index (χ3v) is 4.14. The fourth-order valence-corrected chi connectivity index (χ4v) is 2.43. The van der Waals surface area contributed by atoms with Crippen LogP contribution in [0.2, 0.25) is 5.02 Å². The molecule has 0 amide bonds. The summed E-state index contributed by atoms with van der Waals surface area (Å²) in [6.07, 6.45) is 0. The maximum absolute atomic E-state index is 13.7. The summed E-state index contributed by atoms with van der Waals surface area (Å²) in [5.41, 5.74) is 0.646. The van der Waals surface area contributed by atoms with Crippen molar-refractivity contribution >= 4 is 31.3 Å². The number of hydrogen-bond acceptors (Lipinski definition) is 3. The molecule has 0 aliphatic rings. The Morgan fingerprint density at radius 3 is 2.05 bits per heavy atom. The zero-order valence-electron chi connectivity index (χ0n) is 10.3. The van der Waals surface area contributed by atoms with E-state index in [0.717, 1.165) is 0 Å². The van der Waals surface area contributed by atoms with Crippen molar-refractivity contribution in [1.29, 1.82) is 0 Å². The SMILES string of the molecule is O=S(=O)(Cl)c1cc(F)c(OCc2ccc(Cl)cc2)c(F)c1. The van der Waals surface area contributed by atoms with Crippen LogP contribution in [-0.2, 0) is 15.7 Å². The van der Waals surface area contributed by atoms with E-state index in [-0.39, 0.29) is 6.61 Å². The van der Waals surface area contributed by atoms with E-state index in [0.29, 0.717) is 22.7 Å². The van der Waals surface area contributed by atoms with Gasteiger partial charge < -0.3 is 4.74 Å². The summed E-state index contributed by atoms with van der Waals surface area (Å²) >= 11 is 5.71. The predicted molar refractivity (Wildman–Crippen MR) is 75.2 cm³/mol. The molecule has 2 aromatic rings. The molecule has 0 aliphatic carbocycles. The molecule has 0 aromatic heterocycles. The molecule has 0 heterocycles. The molecule has 21 heavy (non-hydrogen) atoms. The van der Waals surface area contributed by atoms with Crippen molar-refractivity contribution in [2.24, 2.45) is 0 Å². The molecule has 0 bridgehead atoms. The molecule has 0 saturated carbocycles. The topological polar surface area (TPSA) is 43.4 Å². The number of benzene rings is 2. The minimum absolute atomic E-state index is 0.0992. The van der Waals surface area contributed by atoms with Crippen molar-refractivity contribution in [2.75, 3.05) is 0 Å². The Hall–Kier alpha value is -1.37. The highest BCUT2D eigenvalue weighted by molar-refractivity contribution is 8.13. The van der Waals surface area contributed by atoms with E-state index < -0.39 is 31.3 Å². The molecule has 112 valence electrons. The van der Waals surface area contributed by atoms with Gasteiger partial charge in [0.25, 0.3) is 9.05 Å². The van der Waals surface area contributed by atoms with Gasteiger partial charge in [-0.15, -0.1) is 0 Å². The lowest BCUT2D eigenvalue weighted by Crippen LogP contribution is -2.02. The first-order valence-electron chi connectivity index (χ1n) is 5.58. The molecule has 8 heteroatoms. The number of hydrogen-bond donors (Lipinski definition) is 0. The fraction of sp³-hybridized carbons (Fsp3) is 0.0769. The largest absolute Gasteiger partial charge is 0.483 e. The first-order valence-corrected chi connectivity index (χ1v) is 8.27. The summed E-state index contributed by atoms with van der Waals surface area (Å²) in [7, 11) is 0.814. The third-order valence-electron chi connectivity index (χ3n) is 2.55. The van der Waals surface area contributed by atoms with Crippen molar-refractivity contribution in [3.63, 3.8) is 0 Å². The Bertz CT molecular complexity index is 738. The maximum atomic E-state index is 13.7. The standard InChI is InChI=1S/C13H8Cl2F2O3S/c14-9-3-1-8(2-4-9)7-20-13-11(16)5-10(6-12(13)17)21(15,18)19/h1-6H,7H2. The zero-order valence-corrected chi connectivity index (χ0v) is 12.6. The average Bonchev–Trinajstić information content (AvgIpc) is 2.38. The first kappa shape index (κ1) is 16.0. The van der Waals surface area contributed by atoms with Crippen molar-refractivity contribution < 1.29 is 21.9 Å². The van der Waals surface area contributed by atoms with Crippen molar-refractivity contribution in [1.82, 2.24) is 0 Å². The van der Waals surface area contributed by atoms with Gasteiger partial charge in [0.15, 0.2) is 17.4 Å². The fourth-order valence-electron chi connectivity index (χ4n) is 1.55. The lowest BCUT2D eigenvalue weighted by molar-refractivity contribution is 0.273. The zero-order chi connectivity index (χ0) is 15.6. The Morgan fingerprint density at radius 2 is 1.57 bits per heavy atom. The summed E-state index contributed by atoms with van der Waals surface area (Å²) < 4.78 is 54.5. The summed E-state index contributed by atoms with van der Waals surface area (Å²) in [5, 5.41) is 0.521. The van der Waals surface area contributed by atoms with Crippen LogP contribution < -0.4 is 4.74 Å². The van der Waals surface area contributed by atoms with E-state index in [1.807, 2.05) is 0 Å². The van der Waals surface area contributed by atoms with Crippen LogP contribution in [0.25, 0.3) is 0 Å². The lowest BCUT2D eigenvalue weighted by atomic mass is 10.2. The number of ether oxygens (including phenoxy) is 1. The lowest BCUT2D eigenvalue weighted by Gasteiger charge is -2.09. The molecule has 2 rings (SSSR count). The van der Waals surface area contributed by atoms with Crippen molar-refractivity contribution in [2.45, 2.75) is 11.5 Å². The highest BCUT2D eigenvalue weighted by Gasteiger charge is 2.19. The third kappa shape index (κ3) is 4.06. The predicted octanol–water partition coefficient (Wildman–Crippen LogP) is 4.12. The van der Waals surface area contributed by atoms with E-state index >= 15 is 0 Å². The Kier molecular flexibility index (Phi) is 4.70. The van der Waals surface area contributed by atoms with Gasteiger partial charge in [-0.05, 0) is 29.8 Å².